The van der Waals surface area contributed by atoms with Gasteiger partial charge in [-0.3, -0.25) is 4.84 Å². The first-order chi connectivity index (χ1) is 8.72. The Hall–Kier alpha value is -0.520. The van der Waals surface area contributed by atoms with Crippen LogP contribution in [0.25, 0.3) is 0 Å². The topological polar surface area (TPSA) is 39.7 Å². The summed E-state index contributed by atoms with van der Waals surface area (Å²) in [5.74, 6) is 0.681. The van der Waals surface area contributed by atoms with Crippen LogP contribution in [0, 0.1) is 0 Å². The van der Waals surface area contributed by atoms with E-state index in [1.807, 2.05) is 6.07 Å². The SMILES string of the molecule is COCCONC1CCOc2c(Cl)cc(Cl)cc21. The molecule has 0 amide bonds. The van der Waals surface area contributed by atoms with Gasteiger partial charge in [0.1, 0.15) is 5.75 Å². The maximum absolute atomic E-state index is 6.10. The van der Waals surface area contributed by atoms with Gasteiger partial charge in [0.15, 0.2) is 0 Å². The molecule has 6 heteroatoms. The molecule has 1 atom stereocenters. The molecule has 18 heavy (non-hydrogen) atoms. The predicted octanol–water partition coefficient (Wildman–Crippen LogP) is 2.98. The first-order valence-electron chi connectivity index (χ1n) is 5.70. The summed E-state index contributed by atoms with van der Waals surface area (Å²) in [7, 11) is 1.63. The zero-order valence-electron chi connectivity index (χ0n) is 10.0. The number of hydrogen-bond donors (Lipinski definition) is 1. The molecule has 2 rings (SSSR count). The Kier molecular flexibility index (Phi) is 5.09. The molecule has 0 radical (unpaired) electrons. The average molecular weight is 292 g/mol. The minimum absolute atomic E-state index is 0.0295. The molecule has 1 N–H and O–H groups in total. The number of halogens is 2. The summed E-state index contributed by atoms with van der Waals surface area (Å²) in [5.41, 5.74) is 3.92. The van der Waals surface area contributed by atoms with E-state index in [0.717, 1.165) is 12.0 Å². The molecule has 0 spiro atoms. The monoisotopic (exact) mass is 291 g/mol. The lowest BCUT2D eigenvalue weighted by molar-refractivity contribution is -0.0191. The van der Waals surface area contributed by atoms with Crippen LogP contribution in [0.3, 0.4) is 0 Å². The van der Waals surface area contributed by atoms with E-state index < -0.39 is 0 Å². The highest BCUT2D eigenvalue weighted by atomic mass is 35.5. The predicted molar refractivity (Wildman–Crippen MR) is 70.3 cm³/mol. The van der Waals surface area contributed by atoms with Crippen molar-refractivity contribution in [1.29, 1.82) is 0 Å². The number of ether oxygens (including phenoxy) is 2. The molecule has 1 heterocycles. The summed E-state index contributed by atoms with van der Waals surface area (Å²) in [6, 6.07) is 3.55. The number of methoxy groups -OCH3 is 1. The van der Waals surface area contributed by atoms with Gasteiger partial charge in [0.25, 0.3) is 0 Å². The Balaban J connectivity index is 2.07. The molecular formula is C12H15Cl2NO3. The molecule has 0 fully saturated rings. The van der Waals surface area contributed by atoms with Crippen molar-refractivity contribution in [3.63, 3.8) is 0 Å². The van der Waals surface area contributed by atoms with E-state index in [2.05, 4.69) is 5.48 Å². The Bertz CT molecular complexity index is 415. The van der Waals surface area contributed by atoms with Gasteiger partial charge in [0.2, 0.25) is 0 Å². The Morgan fingerprint density at radius 2 is 2.22 bits per heavy atom. The lowest BCUT2D eigenvalue weighted by Gasteiger charge is -2.27. The van der Waals surface area contributed by atoms with Crippen molar-refractivity contribution in [2.24, 2.45) is 0 Å². The summed E-state index contributed by atoms with van der Waals surface area (Å²) < 4.78 is 10.5. The third-order valence-corrected chi connectivity index (χ3v) is 3.18. The molecule has 4 nitrogen and oxygen atoms in total. The summed E-state index contributed by atoms with van der Waals surface area (Å²) in [6.45, 7) is 1.62. The van der Waals surface area contributed by atoms with E-state index in [9.17, 15) is 0 Å². The van der Waals surface area contributed by atoms with Crippen LogP contribution in [0.5, 0.6) is 5.75 Å². The first-order valence-corrected chi connectivity index (χ1v) is 6.46. The van der Waals surface area contributed by atoms with Crippen LogP contribution < -0.4 is 10.2 Å². The van der Waals surface area contributed by atoms with Gasteiger partial charge >= 0.3 is 0 Å². The standard InChI is InChI=1S/C12H15Cl2NO3/c1-16-4-5-18-15-11-2-3-17-12-9(11)6-8(13)7-10(12)14/h6-7,11,15H,2-5H2,1H3. The largest absolute Gasteiger partial charge is 0.492 e. The van der Waals surface area contributed by atoms with E-state index >= 15 is 0 Å². The average Bonchev–Trinajstić information content (AvgIpc) is 2.35. The van der Waals surface area contributed by atoms with Gasteiger partial charge in [-0.15, -0.1) is 0 Å². The maximum Gasteiger partial charge on any atom is 0.142 e. The van der Waals surface area contributed by atoms with Crippen LogP contribution in [0.4, 0.5) is 0 Å². The minimum atomic E-state index is 0.0295. The lowest BCUT2D eigenvalue weighted by Crippen LogP contribution is -2.28. The highest BCUT2D eigenvalue weighted by Gasteiger charge is 2.24. The number of benzene rings is 1. The highest BCUT2D eigenvalue weighted by molar-refractivity contribution is 6.35. The molecule has 1 aromatic rings. The zero-order valence-corrected chi connectivity index (χ0v) is 11.6. The molecule has 0 saturated heterocycles. The van der Waals surface area contributed by atoms with Gasteiger partial charge < -0.3 is 9.47 Å². The van der Waals surface area contributed by atoms with Crippen LogP contribution >= 0.6 is 23.2 Å². The fraction of sp³-hybridized carbons (Fsp3) is 0.500. The van der Waals surface area contributed by atoms with Crippen molar-refractivity contribution in [2.75, 3.05) is 26.9 Å². The smallest absolute Gasteiger partial charge is 0.142 e. The number of hydrogen-bond acceptors (Lipinski definition) is 4. The fourth-order valence-electron chi connectivity index (χ4n) is 1.83. The molecule has 0 aliphatic carbocycles. The lowest BCUT2D eigenvalue weighted by atomic mass is 10.0. The van der Waals surface area contributed by atoms with Crippen molar-refractivity contribution in [1.82, 2.24) is 5.48 Å². The van der Waals surface area contributed by atoms with Gasteiger partial charge in [0.05, 0.1) is 30.9 Å². The quantitative estimate of drug-likeness (QED) is 0.669. The molecule has 1 unspecified atom stereocenters. The van der Waals surface area contributed by atoms with Gasteiger partial charge in [-0.05, 0) is 12.1 Å². The number of nitrogens with one attached hydrogen (secondary N) is 1. The molecule has 1 aliphatic rings. The number of rotatable bonds is 5. The second-order valence-electron chi connectivity index (χ2n) is 3.95. The second-order valence-corrected chi connectivity index (χ2v) is 4.80. The Labute approximate surface area is 116 Å². The molecule has 100 valence electrons. The van der Waals surface area contributed by atoms with E-state index in [0.29, 0.717) is 35.6 Å². The van der Waals surface area contributed by atoms with Crippen molar-refractivity contribution in [3.8, 4) is 5.75 Å². The van der Waals surface area contributed by atoms with Crippen molar-refractivity contribution < 1.29 is 14.3 Å². The summed E-state index contributed by atoms with van der Waals surface area (Å²) >= 11 is 12.1. The van der Waals surface area contributed by atoms with E-state index in [1.54, 1.807) is 13.2 Å². The van der Waals surface area contributed by atoms with Gasteiger partial charge in [-0.25, -0.2) is 0 Å². The fourth-order valence-corrected chi connectivity index (χ4v) is 2.40. The minimum Gasteiger partial charge on any atom is -0.492 e. The van der Waals surface area contributed by atoms with Gasteiger partial charge in [-0.2, -0.15) is 5.48 Å². The van der Waals surface area contributed by atoms with Crippen LogP contribution in [-0.2, 0) is 9.57 Å². The Morgan fingerprint density at radius 1 is 1.39 bits per heavy atom. The number of hydroxylamine groups is 1. The van der Waals surface area contributed by atoms with E-state index in [-0.39, 0.29) is 6.04 Å². The number of fused-ring (bicyclic) bond motifs is 1. The molecule has 0 aromatic heterocycles. The molecule has 0 saturated carbocycles. The molecular weight excluding hydrogens is 277 g/mol. The van der Waals surface area contributed by atoms with E-state index in [1.165, 1.54) is 0 Å². The van der Waals surface area contributed by atoms with Gasteiger partial charge in [0, 0.05) is 24.1 Å². The van der Waals surface area contributed by atoms with Crippen molar-refractivity contribution in [3.05, 3.63) is 27.7 Å². The molecule has 0 bridgehead atoms. The zero-order chi connectivity index (χ0) is 13.0. The highest BCUT2D eigenvalue weighted by Crippen LogP contribution is 2.39. The summed E-state index contributed by atoms with van der Waals surface area (Å²) in [6.07, 6.45) is 0.802. The summed E-state index contributed by atoms with van der Waals surface area (Å²) in [4.78, 5) is 5.33. The van der Waals surface area contributed by atoms with Gasteiger partial charge in [-0.1, -0.05) is 23.2 Å². The molecule has 1 aromatic carbocycles. The maximum atomic E-state index is 6.10. The molecule has 1 aliphatic heterocycles. The van der Waals surface area contributed by atoms with Crippen LogP contribution in [-0.4, -0.2) is 26.9 Å². The van der Waals surface area contributed by atoms with E-state index in [4.69, 9.17) is 37.5 Å². The van der Waals surface area contributed by atoms with Crippen LogP contribution in [0.15, 0.2) is 12.1 Å². The third kappa shape index (κ3) is 3.28. The second kappa shape index (κ2) is 6.59. The first kappa shape index (κ1) is 13.9. The third-order valence-electron chi connectivity index (χ3n) is 2.68. The van der Waals surface area contributed by atoms with Crippen molar-refractivity contribution in [2.45, 2.75) is 12.5 Å². The van der Waals surface area contributed by atoms with Crippen LogP contribution in [0.1, 0.15) is 18.0 Å². The summed E-state index contributed by atoms with van der Waals surface area (Å²) in [5, 5.41) is 1.12. The normalized spacial score (nSPS) is 18.3. The van der Waals surface area contributed by atoms with Crippen LogP contribution in [0.2, 0.25) is 10.0 Å². The Morgan fingerprint density at radius 3 is 3.00 bits per heavy atom. The van der Waals surface area contributed by atoms with Crippen molar-refractivity contribution >= 4 is 23.2 Å².